The maximum atomic E-state index is 5.45. The van der Waals surface area contributed by atoms with Crippen LogP contribution in [-0.4, -0.2) is 23.5 Å². The van der Waals surface area contributed by atoms with E-state index in [9.17, 15) is 0 Å². The number of aliphatic imine (C=N–C) groups is 1. The Morgan fingerprint density at radius 2 is 2.35 bits per heavy atom. The molecular formula is C11H19N5S. The van der Waals surface area contributed by atoms with E-state index in [2.05, 4.69) is 20.7 Å². The fourth-order valence-corrected chi connectivity index (χ4v) is 2.65. The summed E-state index contributed by atoms with van der Waals surface area (Å²) in [6, 6.07) is 0.532. The molecule has 4 N–H and O–H groups in total. The molecule has 0 saturated heterocycles. The first kappa shape index (κ1) is 12.3. The predicted octanol–water partition coefficient (Wildman–Crippen LogP) is 1.04. The van der Waals surface area contributed by atoms with Crippen molar-refractivity contribution in [1.29, 1.82) is 0 Å². The summed E-state index contributed by atoms with van der Waals surface area (Å²) >= 11 is 1.66. The lowest BCUT2D eigenvalue weighted by Crippen LogP contribution is -2.45. The first-order valence-electron chi connectivity index (χ1n) is 6.04. The van der Waals surface area contributed by atoms with Gasteiger partial charge >= 0.3 is 0 Å². The molecule has 0 spiro atoms. The van der Waals surface area contributed by atoms with Crippen LogP contribution in [0.1, 0.15) is 30.7 Å². The van der Waals surface area contributed by atoms with Crippen molar-refractivity contribution < 1.29 is 0 Å². The average molecular weight is 253 g/mol. The molecule has 0 aliphatic heterocycles. The van der Waals surface area contributed by atoms with Gasteiger partial charge in [-0.25, -0.2) is 10.8 Å². The molecule has 5 nitrogen and oxygen atoms in total. The summed E-state index contributed by atoms with van der Waals surface area (Å²) in [4.78, 5) is 8.64. The van der Waals surface area contributed by atoms with E-state index in [0.29, 0.717) is 18.5 Å². The van der Waals surface area contributed by atoms with E-state index < -0.39 is 0 Å². The molecular weight excluding hydrogens is 234 g/mol. The van der Waals surface area contributed by atoms with Crippen molar-refractivity contribution in [3.8, 4) is 0 Å². The first-order valence-corrected chi connectivity index (χ1v) is 6.92. The molecule has 1 heterocycles. The van der Waals surface area contributed by atoms with Crippen LogP contribution in [0.3, 0.4) is 0 Å². The fourth-order valence-electron chi connectivity index (χ4n) is 2.04. The van der Waals surface area contributed by atoms with Gasteiger partial charge in [0, 0.05) is 30.6 Å². The molecule has 1 aliphatic carbocycles. The third kappa shape index (κ3) is 3.98. The van der Waals surface area contributed by atoms with Gasteiger partial charge in [-0.05, 0) is 12.8 Å². The third-order valence-corrected chi connectivity index (χ3v) is 3.75. The Morgan fingerprint density at radius 1 is 1.53 bits per heavy atom. The van der Waals surface area contributed by atoms with Crippen molar-refractivity contribution in [2.24, 2.45) is 10.8 Å². The van der Waals surface area contributed by atoms with Crippen LogP contribution in [0.5, 0.6) is 0 Å². The number of hydrogen-bond acceptors (Lipinski definition) is 4. The number of nitrogens with one attached hydrogen (secondary N) is 2. The molecule has 0 atom stereocenters. The van der Waals surface area contributed by atoms with E-state index in [1.54, 1.807) is 11.3 Å². The van der Waals surface area contributed by atoms with Crippen LogP contribution in [-0.2, 0) is 6.42 Å². The zero-order chi connectivity index (χ0) is 11.9. The second kappa shape index (κ2) is 6.56. The highest BCUT2D eigenvalue weighted by molar-refractivity contribution is 7.09. The maximum Gasteiger partial charge on any atom is 0.205 e. The molecule has 1 saturated carbocycles. The Morgan fingerprint density at radius 3 is 3.00 bits per heavy atom. The Labute approximate surface area is 106 Å². The van der Waals surface area contributed by atoms with Crippen molar-refractivity contribution in [3.05, 3.63) is 16.6 Å². The molecule has 2 rings (SSSR count). The number of nitrogens with two attached hydrogens (primary N) is 1. The number of guanidine groups is 1. The van der Waals surface area contributed by atoms with E-state index in [4.69, 9.17) is 5.84 Å². The highest BCUT2D eigenvalue weighted by atomic mass is 32.1. The molecule has 6 heteroatoms. The van der Waals surface area contributed by atoms with Crippen LogP contribution in [0.15, 0.2) is 16.6 Å². The molecule has 17 heavy (non-hydrogen) atoms. The van der Waals surface area contributed by atoms with Gasteiger partial charge in [-0.3, -0.25) is 10.4 Å². The summed E-state index contributed by atoms with van der Waals surface area (Å²) in [6.07, 6.45) is 7.72. The van der Waals surface area contributed by atoms with E-state index in [1.165, 1.54) is 25.7 Å². The lowest BCUT2D eigenvalue weighted by atomic mass is 10.2. The maximum absolute atomic E-state index is 5.45. The van der Waals surface area contributed by atoms with Crippen LogP contribution >= 0.6 is 11.3 Å². The second-order valence-electron chi connectivity index (χ2n) is 4.18. The molecule has 94 valence electrons. The van der Waals surface area contributed by atoms with E-state index in [1.807, 2.05) is 11.6 Å². The van der Waals surface area contributed by atoms with Crippen molar-refractivity contribution >= 4 is 17.3 Å². The summed E-state index contributed by atoms with van der Waals surface area (Å²) in [6.45, 7) is 0.715. The third-order valence-electron chi connectivity index (χ3n) is 2.91. The molecule has 1 aliphatic rings. The van der Waals surface area contributed by atoms with Gasteiger partial charge in [-0.1, -0.05) is 12.8 Å². The fraction of sp³-hybridized carbons (Fsp3) is 0.636. The normalized spacial score (nSPS) is 17.4. The van der Waals surface area contributed by atoms with Gasteiger partial charge < -0.3 is 5.32 Å². The monoisotopic (exact) mass is 253 g/mol. The van der Waals surface area contributed by atoms with Gasteiger partial charge in [0.05, 0.1) is 5.01 Å². The largest absolute Gasteiger partial charge is 0.353 e. The number of aromatic nitrogens is 1. The Balaban J connectivity index is 1.76. The van der Waals surface area contributed by atoms with Gasteiger partial charge in [0.1, 0.15) is 0 Å². The zero-order valence-corrected chi connectivity index (χ0v) is 10.7. The molecule has 1 fully saturated rings. The predicted molar refractivity (Wildman–Crippen MR) is 70.8 cm³/mol. The van der Waals surface area contributed by atoms with Crippen molar-refractivity contribution in [3.63, 3.8) is 0 Å². The number of hydrazine groups is 1. The molecule has 0 radical (unpaired) electrons. The Hall–Kier alpha value is -1.14. The smallest absolute Gasteiger partial charge is 0.205 e. The SMILES string of the molecule is NNC(=NCCc1nccs1)NC1CCCC1. The second-order valence-corrected chi connectivity index (χ2v) is 5.16. The summed E-state index contributed by atoms with van der Waals surface area (Å²) in [5, 5.41) is 6.44. The van der Waals surface area contributed by atoms with Crippen LogP contribution in [0, 0.1) is 0 Å². The number of rotatable bonds is 4. The first-order chi connectivity index (χ1) is 8.38. The van der Waals surface area contributed by atoms with Crippen molar-refractivity contribution in [1.82, 2.24) is 15.7 Å². The van der Waals surface area contributed by atoms with E-state index in [0.717, 1.165) is 11.4 Å². The minimum atomic E-state index is 0.532. The Bertz CT molecular complexity index is 343. The number of hydrogen-bond donors (Lipinski definition) is 3. The summed E-state index contributed by atoms with van der Waals surface area (Å²) in [7, 11) is 0. The van der Waals surface area contributed by atoms with E-state index in [-0.39, 0.29) is 0 Å². The molecule has 0 amide bonds. The highest BCUT2D eigenvalue weighted by Crippen LogP contribution is 2.17. The summed E-state index contributed by atoms with van der Waals surface area (Å²) in [5.41, 5.74) is 2.63. The van der Waals surface area contributed by atoms with Crippen molar-refractivity contribution in [2.75, 3.05) is 6.54 Å². The van der Waals surface area contributed by atoms with Crippen LogP contribution in [0.25, 0.3) is 0 Å². The lowest BCUT2D eigenvalue weighted by Gasteiger charge is -2.14. The summed E-state index contributed by atoms with van der Waals surface area (Å²) in [5.74, 6) is 6.16. The molecule has 1 aromatic rings. The minimum absolute atomic E-state index is 0.532. The Kier molecular flexibility index (Phi) is 4.75. The average Bonchev–Trinajstić information content (AvgIpc) is 3.00. The van der Waals surface area contributed by atoms with Crippen LogP contribution in [0.4, 0.5) is 0 Å². The van der Waals surface area contributed by atoms with Gasteiger partial charge in [0.2, 0.25) is 5.96 Å². The van der Waals surface area contributed by atoms with Crippen LogP contribution in [0.2, 0.25) is 0 Å². The number of thiazole rings is 1. The van der Waals surface area contributed by atoms with Gasteiger partial charge in [-0.2, -0.15) is 0 Å². The number of nitrogens with zero attached hydrogens (tertiary/aromatic N) is 2. The topological polar surface area (TPSA) is 75.3 Å². The van der Waals surface area contributed by atoms with Gasteiger partial charge in [-0.15, -0.1) is 11.3 Å². The molecule has 0 bridgehead atoms. The summed E-state index contributed by atoms with van der Waals surface area (Å²) < 4.78 is 0. The standard InChI is InChI=1S/C11H19N5S/c12-16-11(15-9-3-1-2-4-9)14-6-5-10-13-7-8-17-10/h7-9H,1-6,12H2,(H2,14,15,16). The van der Waals surface area contributed by atoms with Gasteiger partial charge in [0.15, 0.2) is 0 Å². The molecule has 1 aromatic heterocycles. The highest BCUT2D eigenvalue weighted by Gasteiger charge is 2.15. The van der Waals surface area contributed by atoms with E-state index >= 15 is 0 Å². The minimum Gasteiger partial charge on any atom is -0.353 e. The quantitative estimate of drug-likeness (QED) is 0.324. The van der Waals surface area contributed by atoms with Crippen LogP contribution < -0.4 is 16.6 Å². The zero-order valence-electron chi connectivity index (χ0n) is 9.85. The lowest BCUT2D eigenvalue weighted by molar-refractivity contribution is 0.614. The molecule has 0 aromatic carbocycles. The molecule has 0 unspecified atom stereocenters. The van der Waals surface area contributed by atoms with Gasteiger partial charge in [0.25, 0.3) is 0 Å². The van der Waals surface area contributed by atoms with Crippen molar-refractivity contribution in [2.45, 2.75) is 38.1 Å².